The lowest BCUT2D eigenvalue weighted by Crippen LogP contribution is -2.48. The number of hydrogen-bond acceptors (Lipinski definition) is 4. The van der Waals surface area contributed by atoms with Gasteiger partial charge < -0.3 is 4.74 Å². The quantitative estimate of drug-likeness (QED) is 0.732. The molecule has 1 aliphatic rings. The summed E-state index contributed by atoms with van der Waals surface area (Å²) in [5.74, 6) is -1.12. The smallest absolute Gasteiger partial charge is 0.434 e. The number of cyclic esters (lactones) is 1. The number of hydrogen-bond donors (Lipinski definition) is 0. The van der Waals surface area contributed by atoms with E-state index in [0.29, 0.717) is 6.42 Å². The maximum Gasteiger partial charge on any atom is 0.434 e. The van der Waals surface area contributed by atoms with E-state index in [9.17, 15) is 14.4 Å². The molecular weight excluding hydrogens is 224 g/mol. The fourth-order valence-corrected chi connectivity index (χ4v) is 1.61. The molecule has 1 atom stereocenters. The second-order valence-corrected chi connectivity index (χ2v) is 4.06. The van der Waals surface area contributed by atoms with Crippen molar-refractivity contribution in [3.63, 3.8) is 0 Å². The van der Waals surface area contributed by atoms with Gasteiger partial charge in [-0.25, -0.2) is 4.79 Å². The van der Waals surface area contributed by atoms with Gasteiger partial charge in [-0.05, 0) is 13.3 Å². The zero-order chi connectivity index (χ0) is 13.4. The molecule has 0 spiro atoms. The molecule has 0 unspecified atom stereocenters. The summed E-state index contributed by atoms with van der Waals surface area (Å²) in [5, 5.41) is 1.62. The summed E-state index contributed by atoms with van der Waals surface area (Å²) >= 11 is 0. The summed E-state index contributed by atoms with van der Waals surface area (Å²) in [6.45, 7) is 9.64. The van der Waals surface area contributed by atoms with Crippen molar-refractivity contribution < 1.29 is 19.1 Å². The zero-order valence-electron chi connectivity index (χ0n) is 10.4. The van der Waals surface area contributed by atoms with Crippen LogP contribution in [0.5, 0.6) is 0 Å². The van der Waals surface area contributed by atoms with Crippen LogP contribution in [0.25, 0.3) is 0 Å². The molecule has 6 heteroatoms. The largest absolute Gasteiger partial charge is 0.435 e. The van der Waals surface area contributed by atoms with Crippen molar-refractivity contribution in [2.24, 2.45) is 0 Å². The Bertz CT molecular complexity index is 390. The van der Waals surface area contributed by atoms with Crippen LogP contribution in [0, 0.1) is 0 Å². The molecule has 1 aliphatic heterocycles. The normalized spacial score (nSPS) is 23.6. The monoisotopic (exact) mass is 240 g/mol. The van der Waals surface area contributed by atoms with Crippen molar-refractivity contribution in [1.82, 2.24) is 10.0 Å². The minimum absolute atomic E-state index is 0.287. The van der Waals surface area contributed by atoms with Gasteiger partial charge in [0.1, 0.15) is 0 Å². The first-order valence-electron chi connectivity index (χ1n) is 5.28. The molecule has 0 aliphatic carbocycles. The van der Waals surface area contributed by atoms with Crippen molar-refractivity contribution in [2.45, 2.75) is 39.7 Å². The molecule has 17 heavy (non-hydrogen) atoms. The minimum atomic E-state index is -0.875. The van der Waals surface area contributed by atoms with E-state index in [1.54, 1.807) is 6.92 Å². The van der Waals surface area contributed by atoms with E-state index in [-0.39, 0.29) is 5.70 Å². The molecule has 0 aromatic heterocycles. The van der Waals surface area contributed by atoms with Crippen LogP contribution in [0.2, 0.25) is 0 Å². The van der Waals surface area contributed by atoms with Crippen LogP contribution in [0.4, 0.5) is 4.79 Å². The summed E-state index contributed by atoms with van der Waals surface area (Å²) in [6, 6.07) is 0. The standard InChI is InChI=1S/C11H16N2O4/c1-6-11(5)7(2)12(10(16)17-11)13(8(3)14)9(4)15/h2,6H2,1,3-5H3/t11-/m1/s1. The lowest BCUT2D eigenvalue weighted by atomic mass is 10.0. The van der Waals surface area contributed by atoms with Crippen molar-refractivity contribution in [3.8, 4) is 0 Å². The lowest BCUT2D eigenvalue weighted by molar-refractivity contribution is -0.154. The van der Waals surface area contributed by atoms with E-state index in [1.807, 2.05) is 6.92 Å². The maximum absolute atomic E-state index is 11.7. The van der Waals surface area contributed by atoms with E-state index in [1.165, 1.54) is 13.8 Å². The topological polar surface area (TPSA) is 66.9 Å². The highest BCUT2D eigenvalue weighted by Crippen LogP contribution is 2.35. The van der Waals surface area contributed by atoms with Gasteiger partial charge in [-0.2, -0.15) is 10.0 Å². The van der Waals surface area contributed by atoms with Crippen LogP contribution < -0.4 is 0 Å². The minimum Gasteiger partial charge on any atom is -0.435 e. The molecule has 1 fully saturated rings. The van der Waals surface area contributed by atoms with Crippen LogP contribution in [0.1, 0.15) is 34.1 Å². The summed E-state index contributed by atoms with van der Waals surface area (Å²) in [7, 11) is 0. The highest BCUT2D eigenvalue weighted by Gasteiger charge is 2.48. The Morgan fingerprint density at radius 2 is 1.88 bits per heavy atom. The third kappa shape index (κ3) is 2.02. The highest BCUT2D eigenvalue weighted by atomic mass is 16.6. The van der Waals surface area contributed by atoms with Gasteiger partial charge >= 0.3 is 6.09 Å². The number of carbonyl (C=O) groups is 3. The summed E-state index contributed by atoms with van der Waals surface area (Å²) in [5.41, 5.74) is -0.587. The van der Waals surface area contributed by atoms with Gasteiger partial charge in [0, 0.05) is 13.8 Å². The second-order valence-electron chi connectivity index (χ2n) is 4.06. The van der Waals surface area contributed by atoms with Crippen molar-refractivity contribution in [3.05, 3.63) is 12.3 Å². The fourth-order valence-electron chi connectivity index (χ4n) is 1.61. The van der Waals surface area contributed by atoms with Gasteiger partial charge in [-0.1, -0.05) is 13.5 Å². The first kappa shape index (κ1) is 13.2. The van der Waals surface area contributed by atoms with Crippen LogP contribution in [-0.2, 0) is 14.3 Å². The molecule has 3 amide bonds. The lowest BCUT2D eigenvalue weighted by Gasteiger charge is -2.28. The third-order valence-electron chi connectivity index (χ3n) is 2.82. The van der Waals surface area contributed by atoms with Gasteiger partial charge in [-0.15, -0.1) is 0 Å². The molecule has 0 bridgehead atoms. The number of imide groups is 1. The summed E-state index contributed by atoms with van der Waals surface area (Å²) < 4.78 is 5.15. The zero-order valence-corrected chi connectivity index (χ0v) is 10.4. The Morgan fingerprint density at radius 3 is 2.18 bits per heavy atom. The molecule has 0 aromatic carbocycles. The highest BCUT2D eigenvalue weighted by molar-refractivity contribution is 5.95. The molecule has 0 N–H and O–H groups in total. The van der Waals surface area contributed by atoms with Gasteiger partial charge in [-0.3, -0.25) is 9.59 Å². The average molecular weight is 240 g/mol. The number of carbonyl (C=O) groups excluding carboxylic acids is 3. The first-order chi connectivity index (χ1) is 7.74. The number of hydrazine groups is 1. The van der Waals surface area contributed by atoms with Gasteiger partial charge in [0.05, 0.1) is 5.70 Å². The van der Waals surface area contributed by atoms with Crippen molar-refractivity contribution in [2.75, 3.05) is 0 Å². The van der Waals surface area contributed by atoms with Crippen LogP contribution in [-0.4, -0.2) is 33.5 Å². The van der Waals surface area contributed by atoms with Crippen LogP contribution in [0.15, 0.2) is 12.3 Å². The Labute approximate surface area is 99.8 Å². The molecule has 6 nitrogen and oxygen atoms in total. The van der Waals surface area contributed by atoms with E-state index in [2.05, 4.69) is 6.58 Å². The number of rotatable bonds is 2. The van der Waals surface area contributed by atoms with E-state index < -0.39 is 23.5 Å². The molecule has 1 saturated heterocycles. The number of ether oxygens (including phenoxy) is 1. The Hall–Kier alpha value is -1.85. The first-order valence-corrected chi connectivity index (χ1v) is 5.28. The van der Waals surface area contributed by atoms with E-state index in [0.717, 1.165) is 10.0 Å². The van der Waals surface area contributed by atoms with Crippen LogP contribution >= 0.6 is 0 Å². The Morgan fingerprint density at radius 1 is 1.41 bits per heavy atom. The van der Waals surface area contributed by atoms with Crippen molar-refractivity contribution >= 4 is 17.9 Å². The summed E-state index contributed by atoms with van der Waals surface area (Å²) in [6.07, 6.45) is -0.248. The molecule has 0 aromatic rings. The molecule has 94 valence electrons. The number of amides is 3. The maximum atomic E-state index is 11.7. The Balaban J connectivity index is 3.14. The van der Waals surface area contributed by atoms with Crippen LogP contribution in [0.3, 0.4) is 0 Å². The predicted octanol–water partition coefficient (Wildman–Crippen LogP) is 1.43. The second kappa shape index (κ2) is 4.20. The van der Waals surface area contributed by atoms with Gasteiger partial charge in [0.2, 0.25) is 11.8 Å². The average Bonchev–Trinajstić information content (AvgIpc) is 2.42. The summed E-state index contributed by atoms with van der Waals surface area (Å²) in [4.78, 5) is 34.5. The van der Waals surface area contributed by atoms with Gasteiger partial charge in [0.25, 0.3) is 0 Å². The SMILES string of the molecule is C=C1N(N(C(C)=O)C(C)=O)C(=O)O[C@]1(C)CC. The predicted molar refractivity (Wildman–Crippen MR) is 59.4 cm³/mol. The molecule has 1 rings (SSSR count). The Kier molecular flexibility index (Phi) is 3.26. The van der Waals surface area contributed by atoms with Gasteiger partial charge in [0.15, 0.2) is 5.60 Å². The third-order valence-corrected chi connectivity index (χ3v) is 2.82. The molecule has 1 heterocycles. The fraction of sp³-hybridized carbons (Fsp3) is 0.545. The molecular formula is C11H16N2O4. The number of nitrogens with zero attached hydrogens (tertiary/aromatic N) is 2. The van der Waals surface area contributed by atoms with E-state index >= 15 is 0 Å². The molecule has 0 saturated carbocycles. The van der Waals surface area contributed by atoms with E-state index in [4.69, 9.17) is 4.74 Å². The van der Waals surface area contributed by atoms with Crippen molar-refractivity contribution in [1.29, 1.82) is 0 Å². The molecule has 0 radical (unpaired) electrons.